The van der Waals surface area contributed by atoms with Gasteiger partial charge in [-0.3, -0.25) is 19.3 Å². The van der Waals surface area contributed by atoms with Crippen LogP contribution in [-0.4, -0.2) is 69.7 Å². The van der Waals surface area contributed by atoms with Gasteiger partial charge in [0.15, 0.2) is 0 Å². The molecule has 212 valence electrons. The maximum absolute atomic E-state index is 13.9. The van der Waals surface area contributed by atoms with Gasteiger partial charge >= 0.3 is 0 Å². The first-order valence-electron chi connectivity index (χ1n) is 14.2. The Morgan fingerprint density at radius 1 is 0.875 bits per heavy atom. The van der Waals surface area contributed by atoms with Crippen molar-refractivity contribution in [2.24, 2.45) is 5.92 Å². The molecule has 3 aromatic rings. The van der Waals surface area contributed by atoms with Crippen LogP contribution in [0.2, 0.25) is 0 Å². The summed E-state index contributed by atoms with van der Waals surface area (Å²) in [5, 5.41) is 21.5. The highest BCUT2D eigenvalue weighted by molar-refractivity contribution is 5.94. The first-order chi connectivity index (χ1) is 19.3. The third kappa shape index (κ3) is 6.21. The number of rotatable bonds is 6. The Hall–Kier alpha value is -3.69. The molecule has 9 nitrogen and oxygen atoms in total. The fraction of sp³-hybridized carbons (Fsp3) is 0.452. The molecular formula is C31H39N5O4. The molecule has 40 heavy (non-hydrogen) atoms. The summed E-state index contributed by atoms with van der Waals surface area (Å²) in [6.45, 7) is 4.51. The van der Waals surface area contributed by atoms with Crippen LogP contribution in [0, 0.1) is 5.92 Å². The number of aliphatic hydroxyl groups excluding tert-OH is 1. The molecule has 0 bridgehead atoms. The third-order valence-corrected chi connectivity index (χ3v) is 7.99. The highest BCUT2D eigenvalue weighted by atomic mass is 16.3. The van der Waals surface area contributed by atoms with E-state index in [1.807, 2.05) is 74.6 Å². The molecule has 2 aromatic carbocycles. The Morgan fingerprint density at radius 3 is 2.35 bits per heavy atom. The standard InChI is InChI=1S/C31H39N5O4/c1-19(2)15-24-28(37)33-25(17-21-18-32-23-12-7-6-11-22(21)23)29(38)35-26(16-20-9-4-3-5-10-20)31(40)36-14-8-13-27(36)30(39)34-24/h3-7,9-12,18-19,24-27,31-32,40H,8,13-17H2,1-2H3,(H,33,37)(H,34,39)(H,35,38)/t24-,25+,26-,27+,31?/m0/s1. The van der Waals surface area contributed by atoms with Gasteiger partial charge in [0, 0.05) is 30.1 Å². The fourth-order valence-corrected chi connectivity index (χ4v) is 5.97. The Balaban J connectivity index is 1.50. The Kier molecular flexibility index (Phi) is 8.52. The summed E-state index contributed by atoms with van der Waals surface area (Å²) in [5.74, 6) is -0.877. The van der Waals surface area contributed by atoms with Crippen molar-refractivity contribution in [3.63, 3.8) is 0 Å². The first kappa shape index (κ1) is 27.9. The molecule has 2 aliphatic rings. The summed E-state index contributed by atoms with van der Waals surface area (Å²) >= 11 is 0. The Bertz CT molecular complexity index is 1340. The Labute approximate surface area is 234 Å². The number of para-hydroxylation sites is 1. The predicted molar refractivity (Wildman–Crippen MR) is 153 cm³/mol. The molecule has 1 aromatic heterocycles. The quantitative estimate of drug-likeness (QED) is 0.325. The molecular weight excluding hydrogens is 506 g/mol. The van der Waals surface area contributed by atoms with Crippen LogP contribution < -0.4 is 16.0 Å². The van der Waals surface area contributed by atoms with E-state index in [2.05, 4.69) is 20.9 Å². The van der Waals surface area contributed by atoms with E-state index in [4.69, 9.17) is 0 Å². The van der Waals surface area contributed by atoms with Crippen molar-refractivity contribution in [1.29, 1.82) is 0 Å². The molecule has 3 amide bonds. The van der Waals surface area contributed by atoms with Gasteiger partial charge in [-0.1, -0.05) is 62.4 Å². The molecule has 2 saturated heterocycles. The van der Waals surface area contributed by atoms with Crippen LogP contribution >= 0.6 is 0 Å². The van der Waals surface area contributed by atoms with Crippen molar-refractivity contribution >= 4 is 28.6 Å². The van der Waals surface area contributed by atoms with Gasteiger partial charge in [0.05, 0.1) is 12.1 Å². The van der Waals surface area contributed by atoms with Crippen LogP contribution in [-0.2, 0) is 27.2 Å². The number of aromatic amines is 1. The van der Waals surface area contributed by atoms with E-state index in [0.29, 0.717) is 25.8 Å². The second-order valence-corrected chi connectivity index (χ2v) is 11.4. The van der Waals surface area contributed by atoms with Crippen molar-refractivity contribution in [2.75, 3.05) is 6.54 Å². The number of fused-ring (bicyclic) bond motifs is 2. The van der Waals surface area contributed by atoms with Crippen LogP contribution in [0.4, 0.5) is 0 Å². The van der Waals surface area contributed by atoms with Crippen molar-refractivity contribution in [1.82, 2.24) is 25.8 Å². The van der Waals surface area contributed by atoms with Crippen molar-refractivity contribution in [3.05, 3.63) is 71.9 Å². The number of hydrogen-bond acceptors (Lipinski definition) is 5. The number of aromatic nitrogens is 1. The van der Waals surface area contributed by atoms with Gasteiger partial charge in [-0.15, -0.1) is 0 Å². The predicted octanol–water partition coefficient (Wildman–Crippen LogP) is 2.25. The summed E-state index contributed by atoms with van der Waals surface area (Å²) in [4.78, 5) is 46.0. The molecule has 2 aliphatic heterocycles. The van der Waals surface area contributed by atoms with E-state index < -0.39 is 30.4 Å². The fourth-order valence-electron chi connectivity index (χ4n) is 5.97. The van der Waals surface area contributed by atoms with Gasteiger partial charge in [-0.2, -0.15) is 0 Å². The van der Waals surface area contributed by atoms with Crippen molar-refractivity contribution in [3.8, 4) is 0 Å². The zero-order valence-electron chi connectivity index (χ0n) is 23.1. The van der Waals surface area contributed by atoms with Crippen LogP contribution in [0.5, 0.6) is 0 Å². The number of hydrogen-bond donors (Lipinski definition) is 5. The smallest absolute Gasteiger partial charge is 0.243 e. The monoisotopic (exact) mass is 545 g/mol. The lowest BCUT2D eigenvalue weighted by molar-refractivity contribution is -0.139. The maximum atomic E-state index is 13.9. The summed E-state index contributed by atoms with van der Waals surface area (Å²) in [6, 6.07) is 14.5. The summed E-state index contributed by atoms with van der Waals surface area (Å²) in [5.41, 5.74) is 2.79. The molecule has 0 spiro atoms. The summed E-state index contributed by atoms with van der Waals surface area (Å²) in [7, 11) is 0. The molecule has 5 atom stereocenters. The second-order valence-electron chi connectivity index (χ2n) is 11.4. The van der Waals surface area contributed by atoms with Crippen LogP contribution in [0.1, 0.15) is 44.2 Å². The SMILES string of the molecule is CC(C)C[C@@H]1NC(=O)[C@H]2CCCN2C(O)[C@H](Cc2ccccc2)NC(=O)[C@@H](Cc2c[nH]c3ccccc23)NC1=O. The van der Waals surface area contributed by atoms with Gasteiger partial charge < -0.3 is 26.0 Å². The van der Waals surface area contributed by atoms with Crippen LogP contribution in [0.3, 0.4) is 0 Å². The topological polar surface area (TPSA) is 127 Å². The first-order valence-corrected chi connectivity index (χ1v) is 14.2. The van der Waals surface area contributed by atoms with E-state index in [-0.39, 0.29) is 30.1 Å². The molecule has 2 fully saturated rings. The number of H-pyrrole nitrogens is 1. The van der Waals surface area contributed by atoms with E-state index in [0.717, 1.165) is 28.5 Å². The summed E-state index contributed by atoms with van der Waals surface area (Å²) in [6.07, 6.45) is 3.17. The zero-order chi connectivity index (χ0) is 28.2. The largest absolute Gasteiger partial charge is 0.376 e. The van der Waals surface area contributed by atoms with Crippen molar-refractivity contribution < 1.29 is 19.5 Å². The van der Waals surface area contributed by atoms with Gasteiger partial charge in [0.2, 0.25) is 17.7 Å². The van der Waals surface area contributed by atoms with Gasteiger partial charge in [-0.25, -0.2) is 0 Å². The van der Waals surface area contributed by atoms with Gasteiger partial charge in [0.1, 0.15) is 18.3 Å². The van der Waals surface area contributed by atoms with E-state index in [9.17, 15) is 19.5 Å². The number of aliphatic hydroxyl groups is 1. The number of carbonyl (C=O) groups excluding carboxylic acids is 3. The molecule has 3 heterocycles. The minimum atomic E-state index is -1.07. The van der Waals surface area contributed by atoms with E-state index in [1.165, 1.54) is 0 Å². The van der Waals surface area contributed by atoms with Crippen LogP contribution in [0.25, 0.3) is 10.9 Å². The normalized spacial score (nSPS) is 26.5. The third-order valence-electron chi connectivity index (χ3n) is 7.99. The number of benzene rings is 2. The van der Waals surface area contributed by atoms with Crippen molar-refractivity contribution in [2.45, 2.75) is 76.3 Å². The minimum absolute atomic E-state index is 0.144. The van der Waals surface area contributed by atoms with E-state index >= 15 is 0 Å². The highest BCUT2D eigenvalue weighted by Gasteiger charge is 2.41. The molecule has 0 aliphatic carbocycles. The van der Waals surface area contributed by atoms with E-state index in [1.54, 1.807) is 4.90 Å². The second kappa shape index (κ2) is 12.2. The number of nitrogens with one attached hydrogen (secondary N) is 4. The lowest BCUT2D eigenvalue weighted by atomic mass is 9.98. The molecule has 5 N–H and O–H groups in total. The number of nitrogens with zero attached hydrogens (tertiary/aromatic N) is 1. The van der Waals surface area contributed by atoms with Gasteiger partial charge in [0.25, 0.3) is 0 Å². The lowest BCUT2D eigenvalue weighted by Crippen LogP contribution is -2.63. The van der Waals surface area contributed by atoms with Crippen LogP contribution in [0.15, 0.2) is 60.8 Å². The average molecular weight is 546 g/mol. The highest BCUT2D eigenvalue weighted by Crippen LogP contribution is 2.24. The number of carbonyl (C=O) groups is 3. The summed E-state index contributed by atoms with van der Waals surface area (Å²) < 4.78 is 0. The molecule has 5 rings (SSSR count). The zero-order valence-corrected chi connectivity index (χ0v) is 23.1. The maximum Gasteiger partial charge on any atom is 0.243 e. The lowest BCUT2D eigenvalue weighted by Gasteiger charge is -2.36. The molecule has 9 heteroatoms. The molecule has 1 unspecified atom stereocenters. The molecule has 0 saturated carbocycles. The number of amides is 3. The Morgan fingerprint density at radius 2 is 1.57 bits per heavy atom. The minimum Gasteiger partial charge on any atom is -0.376 e. The average Bonchev–Trinajstić information content (AvgIpc) is 3.59. The molecule has 0 radical (unpaired) electrons. The van der Waals surface area contributed by atoms with Gasteiger partial charge in [-0.05, 0) is 48.8 Å².